The fraction of sp³-hybridized carbons (Fsp3) is 0.350. The third-order valence-electron chi connectivity index (χ3n) is 4.79. The number of likely N-dealkylation sites (tertiary alicyclic amines) is 1. The molecule has 1 aliphatic heterocycles. The quantitative estimate of drug-likeness (QED) is 0.905. The number of rotatable bonds is 5. The highest BCUT2D eigenvalue weighted by molar-refractivity contribution is 5.76. The minimum Gasteiger partial charge on any atom is -0.340 e. The van der Waals surface area contributed by atoms with Gasteiger partial charge in [-0.05, 0) is 36.1 Å². The smallest absolute Gasteiger partial charge is 0.222 e. The number of nitrogens with zero attached hydrogens (tertiary/aromatic N) is 1. The molecule has 2 aromatic carbocycles. The molecule has 0 saturated carbocycles. The van der Waals surface area contributed by atoms with E-state index in [-0.39, 0.29) is 17.9 Å². The topological polar surface area (TPSA) is 46.3 Å². The Morgan fingerprint density at radius 3 is 2.56 bits per heavy atom. The highest BCUT2D eigenvalue weighted by Crippen LogP contribution is 2.27. The Hall–Kier alpha value is -2.27. The van der Waals surface area contributed by atoms with Gasteiger partial charge in [-0.1, -0.05) is 36.4 Å². The summed E-state index contributed by atoms with van der Waals surface area (Å²) in [5.74, 6) is -1.47. The Kier molecular flexibility index (Phi) is 5.43. The van der Waals surface area contributed by atoms with Gasteiger partial charge in [0.25, 0.3) is 0 Å². The van der Waals surface area contributed by atoms with Gasteiger partial charge in [-0.3, -0.25) is 4.79 Å². The van der Waals surface area contributed by atoms with E-state index < -0.39 is 11.6 Å². The lowest BCUT2D eigenvalue weighted by Gasteiger charge is -2.16. The summed E-state index contributed by atoms with van der Waals surface area (Å²) in [6.45, 7) is 1.19. The van der Waals surface area contributed by atoms with Crippen LogP contribution in [0, 0.1) is 11.6 Å². The summed E-state index contributed by atoms with van der Waals surface area (Å²) in [7, 11) is 0. The van der Waals surface area contributed by atoms with Crippen molar-refractivity contribution in [2.45, 2.75) is 31.2 Å². The minimum atomic E-state index is -0.849. The van der Waals surface area contributed by atoms with Crippen molar-refractivity contribution >= 4 is 5.91 Å². The van der Waals surface area contributed by atoms with Crippen LogP contribution in [0.15, 0.2) is 48.5 Å². The third-order valence-corrected chi connectivity index (χ3v) is 4.79. The van der Waals surface area contributed by atoms with E-state index in [1.165, 1.54) is 6.07 Å². The van der Waals surface area contributed by atoms with E-state index in [2.05, 4.69) is 0 Å². The predicted octanol–water partition coefficient (Wildman–Crippen LogP) is 3.24. The van der Waals surface area contributed by atoms with Crippen LogP contribution in [0.2, 0.25) is 0 Å². The molecule has 1 saturated heterocycles. The molecule has 0 aliphatic carbocycles. The number of halogens is 2. The second kappa shape index (κ2) is 7.74. The van der Waals surface area contributed by atoms with Crippen LogP contribution in [-0.4, -0.2) is 29.9 Å². The van der Waals surface area contributed by atoms with Crippen molar-refractivity contribution in [3.8, 4) is 0 Å². The lowest BCUT2D eigenvalue weighted by atomic mass is 9.95. The molecule has 5 heteroatoms. The molecule has 1 heterocycles. The molecule has 0 unspecified atom stereocenters. The van der Waals surface area contributed by atoms with E-state index >= 15 is 0 Å². The molecule has 3 rings (SSSR count). The molecular formula is C20H22F2N2O. The van der Waals surface area contributed by atoms with Crippen LogP contribution < -0.4 is 5.73 Å². The second-order valence-corrected chi connectivity index (χ2v) is 6.58. The van der Waals surface area contributed by atoms with E-state index in [4.69, 9.17) is 5.73 Å². The van der Waals surface area contributed by atoms with Crippen molar-refractivity contribution in [2.24, 2.45) is 5.73 Å². The summed E-state index contributed by atoms with van der Waals surface area (Å²) in [6, 6.07) is 13.8. The van der Waals surface area contributed by atoms with E-state index in [9.17, 15) is 13.6 Å². The van der Waals surface area contributed by atoms with Crippen molar-refractivity contribution in [3.63, 3.8) is 0 Å². The first-order valence-electron chi connectivity index (χ1n) is 8.57. The summed E-state index contributed by atoms with van der Waals surface area (Å²) in [4.78, 5) is 14.2. The zero-order chi connectivity index (χ0) is 17.8. The van der Waals surface area contributed by atoms with E-state index in [1.807, 2.05) is 35.2 Å². The molecule has 2 N–H and O–H groups in total. The summed E-state index contributed by atoms with van der Waals surface area (Å²) >= 11 is 0. The maximum absolute atomic E-state index is 13.2. The van der Waals surface area contributed by atoms with E-state index in [1.54, 1.807) is 6.07 Å². The van der Waals surface area contributed by atoms with E-state index in [0.29, 0.717) is 37.9 Å². The Labute approximate surface area is 146 Å². The predicted molar refractivity (Wildman–Crippen MR) is 93.0 cm³/mol. The van der Waals surface area contributed by atoms with Crippen molar-refractivity contribution in [2.75, 3.05) is 13.1 Å². The van der Waals surface area contributed by atoms with Crippen LogP contribution in [0.1, 0.15) is 29.9 Å². The van der Waals surface area contributed by atoms with Crippen molar-refractivity contribution < 1.29 is 13.6 Å². The molecule has 0 spiro atoms. The monoisotopic (exact) mass is 344 g/mol. The Balaban J connectivity index is 1.51. The molecule has 2 atom stereocenters. The lowest BCUT2D eigenvalue weighted by molar-refractivity contribution is -0.130. The van der Waals surface area contributed by atoms with Crippen molar-refractivity contribution in [1.82, 2.24) is 4.90 Å². The van der Waals surface area contributed by atoms with Gasteiger partial charge in [0.2, 0.25) is 5.91 Å². The van der Waals surface area contributed by atoms with Gasteiger partial charge in [0.05, 0.1) is 0 Å². The third kappa shape index (κ3) is 4.23. The Morgan fingerprint density at radius 1 is 1.08 bits per heavy atom. The van der Waals surface area contributed by atoms with Gasteiger partial charge < -0.3 is 10.6 Å². The number of nitrogens with two attached hydrogens (primary N) is 1. The SMILES string of the molecule is N[C@@H]1CN(C(=O)CCCc2ccc(F)c(F)c2)C[C@H]1c1ccccc1. The molecule has 25 heavy (non-hydrogen) atoms. The number of hydrogen-bond acceptors (Lipinski definition) is 2. The summed E-state index contributed by atoms with van der Waals surface area (Å²) in [5, 5.41) is 0. The number of hydrogen-bond donors (Lipinski definition) is 1. The van der Waals surface area contributed by atoms with Gasteiger partial charge in [-0.2, -0.15) is 0 Å². The first-order chi connectivity index (χ1) is 12.0. The van der Waals surface area contributed by atoms with Gasteiger partial charge in [-0.15, -0.1) is 0 Å². The van der Waals surface area contributed by atoms with Crippen LogP contribution >= 0.6 is 0 Å². The Morgan fingerprint density at radius 2 is 1.84 bits per heavy atom. The van der Waals surface area contributed by atoms with Gasteiger partial charge in [0, 0.05) is 31.5 Å². The molecule has 132 valence electrons. The lowest BCUT2D eigenvalue weighted by Crippen LogP contribution is -2.32. The molecule has 1 fully saturated rings. The fourth-order valence-corrected chi connectivity index (χ4v) is 3.38. The average molecular weight is 344 g/mol. The van der Waals surface area contributed by atoms with Crippen LogP contribution in [0.3, 0.4) is 0 Å². The van der Waals surface area contributed by atoms with Crippen LogP contribution in [0.4, 0.5) is 8.78 Å². The van der Waals surface area contributed by atoms with Gasteiger partial charge in [-0.25, -0.2) is 8.78 Å². The molecule has 1 aliphatic rings. The summed E-state index contributed by atoms with van der Waals surface area (Å²) in [6.07, 6.45) is 1.53. The molecule has 2 aromatic rings. The molecular weight excluding hydrogens is 322 g/mol. The molecule has 3 nitrogen and oxygen atoms in total. The number of benzene rings is 2. The van der Waals surface area contributed by atoms with Crippen LogP contribution in [0.25, 0.3) is 0 Å². The van der Waals surface area contributed by atoms with Gasteiger partial charge in [0.1, 0.15) is 0 Å². The Bertz CT molecular complexity index is 736. The van der Waals surface area contributed by atoms with Gasteiger partial charge >= 0.3 is 0 Å². The summed E-state index contributed by atoms with van der Waals surface area (Å²) < 4.78 is 26.1. The first-order valence-corrected chi connectivity index (χ1v) is 8.57. The molecule has 0 radical (unpaired) electrons. The molecule has 1 amide bonds. The van der Waals surface area contributed by atoms with E-state index in [0.717, 1.165) is 11.6 Å². The van der Waals surface area contributed by atoms with Crippen LogP contribution in [-0.2, 0) is 11.2 Å². The van der Waals surface area contributed by atoms with Gasteiger partial charge in [0.15, 0.2) is 11.6 Å². The zero-order valence-electron chi connectivity index (χ0n) is 14.0. The maximum atomic E-state index is 13.2. The highest BCUT2D eigenvalue weighted by atomic mass is 19.2. The van der Waals surface area contributed by atoms with Crippen molar-refractivity contribution in [1.29, 1.82) is 0 Å². The summed E-state index contributed by atoms with van der Waals surface area (Å²) in [5.41, 5.74) is 8.08. The number of aryl methyl sites for hydroxylation is 1. The number of amides is 1. The maximum Gasteiger partial charge on any atom is 0.222 e. The molecule has 0 bridgehead atoms. The zero-order valence-corrected chi connectivity index (χ0v) is 14.0. The molecule has 0 aromatic heterocycles. The number of carbonyl (C=O) groups excluding carboxylic acids is 1. The minimum absolute atomic E-state index is 0.0578. The number of carbonyl (C=O) groups is 1. The largest absolute Gasteiger partial charge is 0.340 e. The van der Waals surface area contributed by atoms with Crippen molar-refractivity contribution in [3.05, 3.63) is 71.3 Å². The highest BCUT2D eigenvalue weighted by Gasteiger charge is 2.33. The average Bonchev–Trinajstić information content (AvgIpc) is 3.01. The normalized spacial score (nSPS) is 20.0. The second-order valence-electron chi connectivity index (χ2n) is 6.58. The van der Waals surface area contributed by atoms with Crippen LogP contribution in [0.5, 0.6) is 0 Å². The standard InChI is InChI=1S/C20H22F2N2O/c21-17-10-9-14(11-18(17)22)5-4-8-20(25)24-12-16(19(23)13-24)15-6-2-1-3-7-15/h1-3,6-7,9-11,16,19H,4-5,8,12-13,23H2/t16-,19+/m0/s1. The first kappa shape index (κ1) is 17.5. The fourth-order valence-electron chi connectivity index (χ4n) is 3.38.